The van der Waals surface area contributed by atoms with Crippen LogP contribution in [0.3, 0.4) is 0 Å². The third kappa shape index (κ3) is 4.26. The quantitative estimate of drug-likeness (QED) is 0.486. The van der Waals surface area contributed by atoms with Gasteiger partial charge in [-0.15, -0.1) is 0 Å². The molecule has 1 atom stereocenters. The molecule has 1 aliphatic rings. The van der Waals surface area contributed by atoms with Gasteiger partial charge in [0.25, 0.3) is 5.56 Å². The lowest BCUT2D eigenvalue weighted by atomic mass is 9.96. The average Bonchev–Trinajstić information content (AvgIpc) is 3.13. The highest BCUT2D eigenvalue weighted by molar-refractivity contribution is 7.07. The van der Waals surface area contributed by atoms with Crippen LogP contribution < -0.4 is 24.4 Å². The van der Waals surface area contributed by atoms with Crippen molar-refractivity contribution in [3.63, 3.8) is 0 Å². The summed E-state index contributed by atoms with van der Waals surface area (Å²) >= 11 is 7.76. The van der Waals surface area contributed by atoms with Crippen LogP contribution in [0.2, 0.25) is 5.02 Å². The van der Waals surface area contributed by atoms with Crippen LogP contribution in [0.1, 0.15) is 31.0 Å². The minimum absolute atomic E-state index is 0.203. The first-order valence-corrected chi connectivity index (χ1v) is 11.7. The SMILES string of the molecule is CCOC(=O)C1=C(C)N=c2sc(=Cc3ccc(OC)c(OC)c3)c(=O)n2C1c1ccccc1Cl. The van der Waals surface area contributed by atoms with Crippen LogP contribution >= 0.6 is 22.9 Å². The van der Waals surface area contributed by atoms with Crippen LogP contribution in [0.5, 0.6) is 11.5 Å². The van der Waals surface area contributed by atoms with Gasteiger partial charge in [0.2, 0.25) is 0 Å². The van der Waals surface area contributed by atoms with Gasteiger partial charge in [0.1, 0.15) is 6.04 Å². The van der Waals surface area contributed by atoms with E-state index in [0.29, 0.717) is 42.7 Å². The number of esters is 1. The molecule has 1 aromatic heterocycles. The average molecular weight is 499 g/mol. The van der Waals surface area contributed by atoms with E-state index >= 15 is 0 Å². The van der Waals surface area contributed by atoms with Crippen molar-refractivity contribution in [3.8, 4) is 11.5 Å². The van der Waals surface area contributed by atoms with Gasteiger partial charge in [0.15, 0.2) is 16.3 Å². The lowest BCUT2D eigenvalue weighted by molar-refractivity contribution is -0.139. The largest absolute Gasteiger partial charge is 0.493 e. The molecule has 1 unspecified atom stereocenters. The van der Waals surface area contributed by atoms with Crippen LogP contribution in [-0.2, 0) is 9.53 Å². The van der Waals surface area contributed by atoms with Crippen molar-refractivity contribution in [2.24, 2.45) is 4.99 Å². The molecule has 0 amide bonds. The van der Waals surface area contributed by atoms with Crippen molar-refractivity contribution in [2.45, 2.75) is 19.9 Å². The molecule has 0 fully saturated rings. The fraction of sp³-hybridized carbons (Fsp3) is 0.240. The van der Waals surface area contributed by atoms with Gasteiger partial charge < -0.3 is 14.2 Å². The van der Waals surface area contributed by atoms with Crippen molar-refractivity contribution >= 4 is 35.0 Å². The van der Waals surface area contributed by atoms with Crippen LogP contribution in [0.4, 0.5) is 0 Å². The highest BCUT2D eigenvalue weighted by atomic mass is 35.5. The summed E-state index contributed by atoms with van der Waals surface area (Å²) in [5, 5.41) is 0.443. The molecule has 2 aromatic carbocycles. The Balaban J connectivity index is 1.95. The predicted octanol–water partition coefficient (Wildman–Crippen LogP) is 3.47. The number of carbonyl (C=O) groups is 1. The maximum absolute atomic E-state index is 13.6. The molecule has 0 bridgehead atoms. The number of carbonyl (C=O) groups excluding carboxylic acids is 1. The number of hydrogen-bond acceptors (Lipinski definition) is 7. The molecule has 0 aliphatic carbocycles. The maximum Gasteiger partial charge on any atom is 0.338 e. The van der Waals surface area contributed by atoms with Gasteiger partial charge in [-0.2, -0.15) is 0 Å². The highest BCUT2D eigenvalue weighted by Gasteiger charge is 2.34. The third-order valence-corrected chi connectivity index (χ3v) is 6.75. The molecular formula is C25H23ClN2O5S. The van der Waals surface area contributed by atoms with E-state index in [-0.39, 0.29) is 12.2 Å². The Labute approximate surface area is 205 Å². The zero-order chi connectivity index (χ0) is 24.4. The van der Waals surface area contributed by atoms with Crippen molar-refractivity contribution in [1.29, 1.82) is 0 Å². The fourth-order valence-electron chi connectivity index (χ4n) is 3.88. The second-order valence-corrected chi connectivity index (χ2v) is 8.85. The summed E-state index contributed by atoms with van der Waals surface area (Å²) in [6.07, 6.45) is 1.76. The number of methoxy groups -OCH3 is 2. The summed E-state index contributed by atoms with van der Waals surface area (Å²) in [4.78, 5) is 31.6. The second kappa shape index (κ2) is 9.87. The zero-order valence-electron chi connectivity index (χ0n) is 19.1. The summed E-state index contributed by atoms with van der Waals surface area (Å²) in [5.74, 6) is 0.621. The summed E-state index contributed by atoms with van der Waals surface area (Å²) < 4.78 is 17.9. The Kier molecular flexibility index (Phi) is 6.90. The van der Waals surface area contributed by atoms with Crippen molar-refractivity contribution in [3.05, 3.63) is 89.6 Å². The molecule has 0 radical (unpaired) electrons. The minimum Gasteiger partial charge on any atom is -0.493 e. The van der Waals surface area contributed by atoms with Gasteiger partial charge in [-0.25, -0.2) is 9.79 Å². The lowest BCUT2D eigenvalue weighted by Crippen LogP contribution is -2.40. The number of rotatable bonds is 6. The molecule has 0 saturated carbocycles. The van der Waals surface area contributed by atoms with Crippen LogP contribution in [0, 0.1) is 0 Å². The Morgan fingerprint density at radius 2 is 1.91 bits per heavy atom. The normalized spacial score (nSPS) is 15.6. The third-order valence-electron chi connectivity index (χ3n) is 5.42. The first kappa shape index (κ1) is 23.8. The molecular weight excluding hydrogens is 476 g/mol. The number of hydrogen-bond donors (Lipinski definition) is 0. The predicted molar refractivity (Wildman–Crippen MR) is 131 cm³/mol. The Morgan fingerprint density at radius 3 is 2.59 bits per heavy atom. The van der Waals surface area contributed by atoms with E-state index < -0.39 is 12.0 Å². The number of benzene rings is 2. The van der Waals surface area contributed by atoms with Crippen LogP contribution in [0.25, 0.3) is 6.08 Å². The van der Waals surface area contributed by atoms with Crippen molar-refractivity contribution < 1.29 is 19.0 Å². The van der Waals surface area contributed by atoms with Gasteiger partial charge in [0.05, 0.1) is 36.6 Å². The highest BCUT2D eigenvalue weighted by Crippen LogP contribution is 2.34. The second-order valence-electron chi connectivity index (χ2n) is 7.44. The van der Waals surface area contributed by atoms with E-state index in [1.165, 1.54) is 15.9 Å². The molecule has 2 heterocycles. The number of fused-ring (bicyclic) bond motifs is 1. The van der Waals surface area contributed by atoms with E-state index in [0.717, 1.165) is 5.56 Å². The number of thiazole rings is 1. The molecule has 9 heteroatoms. The van der Waals surface area contributed by atoms with E-state index in [1.807, 2.05) is 12.1 Å². The van der Waals surface area contributed by atoms with Gasteiger partial charge in [-0.1, -0.05) is 47.2 Å². The topological polar surface area (TPSA) is 79.1 Å². The Hall–Kier alpha value is -3.36. The standard InChI is InChI=1S/C25H23ClN2O5S/c1-5-33-24(30)21-14(2)27-25-28(22(21)16-8-6-7-9-17(16)26)23(29)20(34-25)13-15-10-11-18(31-3)19(12-15)32-4/h6-13,22H,5H2,1-4H3. The summed E-state index contributed by atoms with van der Waals surface area (Å²) in [7, 11) is 3.12. The molecule has 7 nitrogen and oxygen atoms in total. The van der Waals surface area contributed by atoms with Crippen LogP contribution in [0.15, 0.2) is 63.5 Å². The summed E-state index contributed by atoms with van der Waals surface area (Å²) in [5.41, 5.74) is 1.89. The molecule has 3 aromatic rings. The zero-order valence-corrected chi connectivity index (χ0v) is 20.7. The molecule has 4 rings (SSSR count). The van der Waals surface area contributed by atoms with Gasteiger partial charge in [0, 0.05) is 5.02 Å². The molecule has 176 valence electrons. The van der Waals surface area contributed by atoms with E-state index in [4.69, 9.17) is 25.8 Å². The fourth-order valence-corrected chi connectivity index (χ4v) is 5.16. The van der Waals surface area contributed by atoms with Gasteiger partial charge in [-0.05, 0) is 49.2 Å². The van der Waals surface area contributed by atoms with Gasteiger partial charge >= 0.3 is 5.97 Å². The number of ether oxygens (including phenoxy) is 3. The molecule has 1 aliphatic heterocycles. The monoisotopic (exact) mass is 498 g/mol. The molecule has 0 spiro atoms. The first-order chi connectivity index (χ1) is 16.4. The van der Waals surface area contributed by atoms with Crippen LogP contribution in [-0.4, -0.2) is 31.4 Å². The number of nitrogens with zero attached hydrogens (tertiary/aromatic N) is 2. The molecule has 0 saturated heterocycles. The number of allylic oxidation sites excluding steroid dienone is 1. The number of aromatic nitrogens is 1. The maximum atomic E-state index is 13.6. The van der Waals surface area contributed by atoms with Gasteiger partial charge in [-0.3, -0.25) is 9.36 Å². The van der Waals surface area contributed by atoms with E-state index in [1.54, 1.807) is 64.5 Å². The molecule has 34 heavy (non-hydrogen) atoms. The van der Waals surface area contributed by atoms with E-state index in [9.17, 15) is 9.59 Å². The van der Waals surface area contributed by atoms with Crippen molar-refractivity contribution in [1.82, 2.24) is 4.57 Å². The summed E-state index contributed by atoms with van der Waals surface area (Å²) in [6, 6.07) is 11.8. The summed E-state index contributed by atoms with van der Waals surface area (Å²) in [6.45, 7) is 3.67. The number of halogens is 1. The smallest absolute Gasteiger partial charge is 0.338 e. The Morgan fingerprint density at radius 1 is 1.18 bits per heavy atom. The van der Waals surface area contributed by atoms with Crippen molar-refractivity contribution in [2.75, 3.05) is 20.8 Å². The first-order valence-electron chi connectivity index (χ1n) is 10.6. The lowest BCUT2D eigenvalue weighted by Gasteiger charge is -2.25. The molecule has 0 N–H and O–H groups in total. The Bertz CT molecular complexity index is 1470. The minimum atomic E-state index is -0.753. The van der Waals surface area contributed by atoms with E-state index in [2.05, 4.69) is 4.99 Å².